The van der Waals surface area contributed by atoms with Gasteiger partial charge in [0.2, 0.25) is 0 Å². The lowest BCUT2D eigenvalue weighted by Crippen LogP contribution is -2.31. The van der Waals surface area contributed by atoms with E-state index in [2.05, 4.69) is 20.8 Å². The minimum atomic E-state index is 0.403. The highest BCUT2D eigenvalue weighted by atomic mass is 16.1. The molecule has 0 radical (unpaired) electrons. The van der Waals surface area contributed by atoms with Crippen LogP contribution in [0.4, 0.5) is 0 Å². The van der Waals surface area contributed by atoms with E-state index in [1.807, 2.05) is 0 Å². The summed E-state index contributed by atoms with van der Waals surface area (Å²) in [4.78, 5) is 11.5. The average Bonchev–Trinajstić information content (AvgIpc) is 2.18. The second-order valence-corrected chi connectivity index (χ2v) is 5.78. The van der Waals surface area contributed by atoms with E-state index in [9.17, 15) is 4.79 Å². The van der Waals surface area contributed by atoms with Gasteiger partial charge in [-0.15, -0.1) is 0 Å². The molecule has 0 saturated heterocycles. The predicted octanol–water partition coefficient (Wildman–Crippen LogP) is 4.35. The Bertz CT molecular complexity index is 205. The summed E-state index contributed by atoms with van der Waals surface area (Å²) in [5.74, 6) is 1.14. The summed E-state index contributed by atoms with van der Waals surface area (Å²) in [5, 5.41) is 0. The van der Waals surface area contributed by atoms with Crippen LogP contribution in [0.2, 0.25) is 0 Å². The van der Waals surface area contributed by atoms with Crippen LogP contribution in [0.5, 0.6) is 0 Å². The fourth-order valence-electron chi connectivity index (χ4n) is 2.63. The molecule has 0 amide bonds. The summed E-state index contributed by atoms with van der Waals surface area (Å²) in [6, 6.07) is 0. The summed E-state index contributed by atoms with van der Waals surface area (Å²) in [5.41, 5.74) is 0.403. The van der Waals surface area contributed by atoms with Crippen LogP contribution in [-0.2, 0) is 4.79 Å². The van der Waals surface area contributed by atoms with Crippen LogP contribution in [0, 0.1) is 11.3 Å². The van der Waals surface area contributed by atoms with Crippen molar-refractivity contribution in [1.29, 1.82) is 0 Å². The van der Waals surface area contributed by atoms with Gasteiger partial charge in [-0.05, 0) is 24.2 Å². The van der Waals surface area contributed by atoms with E-state index in [0.717, 1.165) is 19.3 Å². The summed E-state index contributed by atoms with van der Waals surface area (Å²) in [6.45, 7) is 6.92. The molecule has 0 bridgehead atoms. The number of rotatable bonds is 5. The zero-order chi connectivity index (χ0) is 11.3. The Morgan fingerprint density at radius 2 is 2.00 bits per heavy atom. The molecule has 1 heteroatoms. The average molecular weight is 210 g/mol. The monoisotopic (exact) mass is 210 g/mol. The fraction of sp³-hybridized carbons (Fsp3) is 0.929. The lowest BCUT2D eigenvalue weighted by Gasteiger charge is -2.38. The number of hydrogen-bond acceptors (Lipinski definition) is 1. The zero-order valence-corrected chi connectivity index (χ0v) is 10.6. The first-order valence-electron chi connectivity index (χ1n) is 6.58. The molecule has 1 aliphatic rings. The van der Waals surface area contributed by atoms with Gasteiger partial charge in [0.1, 0.15) is 5.78 Å². The number of carbonyl (C=O) groups is 1. The van der Waals surface area contributed by atoms with E-state index in [0.29, 0.717) is 17.1 Å². The van der Waals surface area contributed by atoms with Crippen molar-refractivity contribution in [3.63, 3.8) is 0 Å². The Morgan fingerprint density at radius 3 is 2.67 bits per heavy atom. The van der Waals surface area contributed by atoms with Gasteiger partial charge >= 0.3 is 0 Å². The van der Waals surface area contributed by atoms with Gasteiger partial charge in [0.15, 0.2) is 0 Å². The number of Topliss-reactive ketones (excluding diaryl/α,β-unsaturated/α-hetero) is 1. The summed E-state index contributed by atoms with van der Waals surface area (Å²) < 4.78 is 0. The molecule has 1 fully saturated rings. The van der Waals surface area contributed by atoms with Crippen molar-refractivity contribution in [3.8, 4) is 0 Å². The van der Waals surface area contributed by atoms with Gasteiger partial charge in [0.05, 0.1) is 0 Å². The molecule has 0 aromatic rings. The lowest BCUT2D eigenvalue weighted by molar-refractivity contribution is -0.124. The molecule has 88 valence electrons. The smallest absolute Gasteiger partial charge is 0.133 e. The van der Waals surface area contributed by atoms with E-state index < -0.39 is 0 Å². The molecule has 1 aliphatic carbocycles. The first-order chi connectivity index (χ1) is 7.06. The van der Waals surface area contributed by atoms with Gasteiger partial charge < -0.3 is 0 Å². The van der Waals surface area contributed by atoms with Crippen molar-refractivity contribution in [2.75, 3.05) is 0 Å². The summed E-state index contributed by atoms with van der Waals surface area (Å²) >= 11 is 0. The molecule has 0 N–H and O–H groups in total. The van der Waals surface area contributed by atoms with Crippen molar-refractivity contribution in [2.24, 2.45) is 11.3 Å². The molecule has 1 rings (SSSR count). The van der Waals surface area contributed by atoms with Crippen molar-refractivity contribution in [2.45, 2.75) is 72.1 Å². The standard InChI is InChI=1S/C14H26O/c1-4-5-6-7-8-12-11-13(15)9-10-14(12,2)3/h12H,4-11H2,1-3H3/t12-/m1/s1. The first kappa shape index (κ1) is 12.7. The molecule has 0 heterocycles. The molecule has 1 atom stereocenters. The largest absolute Gasteiger partial charge is 0.300 e. The van der Waals surface area contributed by atoms with Gasteiger partial charge in [0.25, 0.3) is 0 Å². The highest BCUT2D eigenvalue weighted by Crippen LogP contribution is 2.41. The Morgan fingerprint density at radius 1 is 1.27 bits per heavy atom. The molecule has 0 spiro atoms. The highest BCUT2D eigenvalue weighted by Gasteiger charge is 2.34. The summed E-state index contributed by atoms with van der Waals surface area (Å²) in [7, 11) is 0. The SMILES string of the molecule is CCCCCC[C@@H]1CC(=O)CCC1(C)C. The molecule has 1 saturated carbocycles. The van der Waals surface area contributed by atoms with E-state index in [4.69, 9.17) is 0 Å². The Balaban J connectivity index is 2.33. The number of carbonyl (C=O) groups excluding carboxylic acids is 1. The van der Waals surface area contributed by atoms with Crippen LogP contribution >= 0.6 is 0 Å². The Kier molecular flexibility index (Phi) is 4.82. The van der Waals surface area contributed by atoms with Crippen molar-refractivity contribution in [1.82, 2.24) is 0 Å². The van der Waals surface area contributed by atoms with Crippen LogP contribution < -0.4 is 0 Å². The normalized spacial score (nSPS) is 25.5. The van der Waals surface area contributed by atoms with E-state index >= 15 is 0 Å². The van der Waals surface area contributed by atoms with Crippen LogP contribution in [-0.4, -0.2) is 5.78 Å². The van der Waals surface area contributed by atoms with Crippen LogP contribution in [0.3, 0.4) is 0 Å². The number of ketones is 1. The van der Waals surface area contributed by atoms with Crippen molar-refractivity contribution >= 4 is 5.78 Å². The minimum absolute atomic E-state index is 0.403. The molecular formula is C14H26O. The highest BCUT2D eigenvalue weighted by molar-refractivity contribution is 5.79. The molecule has 0 aromatic heterocycles. The lowest BCUT2D eigenvalue weighted by atomic mass is 9.67. The van der Waals surface area contributed by atoms with Gasteiger partial charge in [-0.1, -0.05) is 46.5 Å². The number of hydrogen-bond donors (Lipinski definition) is 0. The topological polar surface area (TPSA) is 17.1 Å². The van der Waals surface area contributed by atoms with E-state index in [-0.39, 0.29) is 0 Å². The first-order valence-corrected chi connectivity index (χ1v) is 6.58. The van der Waals surface area contributed by atoms with Gasteiger partial charge in [-0.3, -0.25) is 4.79 Å². The third-order valence-electron chi connectivity index (χ3n) is 4.03. The predicted molar refractivity (Wildman–Crippen MR) is 64.9 cm³/mol. The Hall–Kier alpha value is -0.330. The quantitative estimate of drug-likeness (QED) is 0.616. The van der Waals surface area contributed by atoms with Gasteiger partial charge in [-0.25, -0.2) is 0 Å². The van der Waals surface area contributed by atoms with Crippen LogP contribution in [0.15, 0.2) is 0 Å². The van der Waals surface area contributed by atoms with Gasteiger partial charge in [-0.2, -0.15) is 0 Å². The number of unbranched alkanes of at least 4 members (excludes halogenated alkanes) is 3. The maximum atomic E-state index is 11.5. The molecule has 0 aromatic carbocycles. The van der Waals surface area contributed by atoms with E-state index in [1.165, 1.54) is 32.1 Å². The summed E-state index contributed by atoms with van der Waals surface area (Å²) in [6.07, 6.45) is 9.33. The molecular weight excluding hydrogens is 184 g/mol. The molecule has 15 heavy (non-hydrogen) atoms. The molecule has 0 unspecified atom stereocenters. The fourth-order valence-corrected chi connectivity index (χ4v) is 2.63. The second kappa shape index (κ2) is 5.67. The van der Waals surface area contributed by atoms with E-state index in [1.54, 1.807) is 0 Å². The van der Waals surface area contributed by atoms with Crippen LogP contribution in [0.1, 0.15) is 72.1 Å². The third-order valence-corrected chi connectivity index (χ3v) is 4.03. The maximum Gasteiger partial charge on any atom is 0.133 e. The van der Waals surface area contributed by atoms with Crippen molar-refractivity contribution in [3.05, 3.63) is 0 Å². The minimum Gasteiger partial charge on any atom is -0.300 e. The third kappa shape index (κ3) is 3.96. The maximum absolute atomic E-state index is 11.5. The second-order valence-electron chi connectivity index (χ2n) is 5.78. The molecule has 0 aliphatic heterocycles. The zero-order valence-electron chi connectivity index (χ0n) is 10.6. The van der Waals surface area contributed by atoms with Crippen LogP contribution in [0.25, 0.3) is 0 Å². The van der Waals surface area contributed by atoms with Crippen molar-refractivity contribution < 1.29 is 4.79 Å². The van der Waals surface area contributed by atoms with Gasteiger partial charge in [0, 0.05) is 12.8 Å². The Labute approximate surface area is 94.6 Å². The molecule has 1 nitrogen and oxygen atoms in total.